The summed E-state index contributed by atoms with van der Waals surface area (Å²) >= 11 is 0.986. The molecule has 0 unspecified atom stereocenters. The molecule has 0 aliphatic rings. The lowest BCUT2D eigenvalue weighted by molar-refractivity contribution is 0.0519. The summed E-state index contributed by atoms with van der Waals surface area (Å²) in [5.41, 5.74) is -0.995. The molecule has 13 heteroatoms. The van der Waals surface area contributed by atoms with Crippen LogP contribution in [0.15, 0.2) is 63.6 Å². The Morgan fingerprint density at radius 2 is 1.74 bits per heavy atom. The zero-order chi connectivity index (χ0) is 28.3. The zero-order valence-corrected chi connectivity index (χ0v) is 22.9. The molecule has 0 radical (unpaired) electrons. The van der Waals surface area contributed by atoms with E-state index in [4.69, 9.17) is 4.74 Å². The van der Waals surface area contributed by atoms with Gasteiger partial charge in [-0.25, -0.2) is 17.6 Å². The summed E-state index contributed by atoms with van der Waals surface area (Å²) in [5, 5.41) is 8.43. The third-order valence-corrected chi connectivity index (χ3v) is 8.85. The molecule has 2 heterocycles. The van der Waals surface area contributed by atoms with E-state index >= 15 is 0 Å². The van der Waals surface area contributed by atoms with E-state index in [1.54, 1.807) is 20.8 Å². The second-order valence-corrected chi connectivity index (χ2v) is 11.0. The van der Waals surface area contributed by atoms with Crippen molar-refractivity contribution in [1.82, 2.24) is 14.1 Å². The SMILES string of the molecule is CCOC(=O)c1nn(-c2ccccc2F)c(=O)c2c(NC(=O)c3ccc(S(=O)(=O)N(CC)CC)cc3)scc12. The fraction of sp³-hybridized carbons (Fsp3) is 0.231. The largest absolute Gasteiger partial charge is 0.461 e. The maximum atomic E-state index is 14.6. The van der Waals surface area contributed by atoms with Crippen molar-refractivity contribution in [2.75, 3.05) is 25.0 Å². The molecule has 1 N–H and O–H groups in total. The van der Waals surface area contributed by atoms with Gasteiger partial charge in [-0.05, 0) is 43.3 Å². The fourth-order valence-electron chi connectivity index (χ4n) is 3.94. The molecule has 0 saturated heterocycles. The Labute approximate surface area is 227 Å². The van der Waals surface area contributed by atoms with E-state index in [-0.39, 0.29) is 44.2 Å². The standard InChI is InChI=1S/C26H25FN4O6S2/c1-4-30(5-2)39(35,36)17-13-11-16(12-14-17)23(32)28-24-21-18(15-38-24)22(26(34)37-6-3)29-31(25(21)33)20-10-8-7-9-19(20)27/h7-15H,4-6H2,1-3H3,(H,28,32). The zero-order valence-electron chi connectivity index (χ0n) is 21.3. The van der Waals surface area contributed by atoms with Crippen molar-refractivity contribution in [2.45, 2.75) is 25.7 Å². The van der Waals surface area contributed by atoms with E-state index in [2.05, 4.69) is 10.4 Å². The van der Waals surface area contributed by atoms with E-state index in [9.17, 15) is 27.2 Å². The van der Waals surface area contributed by atoms with Gasteiger partial charge in [0.15, 0.2) is 5.69 Å². The summed E-state index contributed by atoms with van der Waals surface area (Å²) in [5.74, 6) is -2.16. The monoisotopic (exact) mass is 572 g/mol. The maximum Gasteiger partial charge on any atom is 0.359 e. The van der Waals surface area contributed by atoms with Crippen molar-refractivity contribution in [3.05, 3.63) is 81.3 Å². The number of amides is 1. The van der Waals surface area contributed by atoms with Gasteiger partial charge in [0, 0.05) is 29.4 Å². The van der Waals surface area contributed by atoms with Crippen molar-refractivity contribution >= 4 is 49.0 Å². The van der Waals surface area contributed by atoms with Gasteiger partial charge in [-0.15, -0.1) is 11.3 Å². The first-order valence-electron chi connectivity index (χ1n) is 12.0. The number of anilines is 1. The van der Waals surface area contributed by atoms with E-state index < -0.39 is 33.3 Å². The number of fused-ring (bicyclic) bond motifs is 1. The van der Waals surface area contributed by atoms with Crippen LogP contribution in [-0.4, -0.2) is 54.1 Å². The second kappa shape index (κ2) is 11.4. The number of esters is 1. The van der Waals surface area contributed by atoms with Gasteiger partial charge < -0.3 is 10.1 Å². The van der Waals surface area contributed by atoms with Crippen LogP contribution in [0.1, 0.15) is 41.6 Å². The lowest BCUT2D eigenvalue weighted by Crippen LogP contribution is -2.30. The molecular formula is C26H25FN4O6S2. The Morgan fingerprint density at radius 1 is 1.08 bits per heavy atom. The molecule has 204 valence electrons. The van der Waals surface area contributed by atoms with Crippen LogP contribution in [0.4, 0.5) is 9.39 Å². The van der Waals surface area contributed by atoms with Crippen LogP contribution in [0.2, 0.25) is 0 Å². The number of carbonyl (C=O) groups is 2. The lowest BCUT2D eigenvalue weighted by Gasteiger charge is -2.18. The van der Waals surface area contributed by atoms with Crippen LogP contribution in [0, 0.1) is 5.82 Å². The highest BCUT2D eigenvalue weighted by Gasteiger charge is 2.25. The minimum absolute atomic E-state index is 0.0438. The Bertz CT molecular complexity index is 1710. The van der Waals surface area contributed by atoms with Crippen molar-refractivity contribution in [1.29, 1.82) is 0 Å². The van der Waals surface area contributed by atoms with Crippen LogP contribution in [-0.2, 0) is 14.8 Å². The maximum absolute atomic E-state index is 14.6. The normalized spacial score (nSPS) is 11.6. The number of ether oxygens (including phenoxy) is 1. The van der Waals surface area contributed by atoms with Crippen molar-refractivity contribution < 1.29 is 27.1 Å². The third-order valence-electron chi connectivity index (χ3n) is 5.89. The number of aromatic nitrogens is 2. The number of rotatable bonds is 9. The van der Waals surface area contributed by atoms with Crippen molar-refractivity contribution in [3.63, 3.8) is 0 Å². The third kappa shape index (κ3) is 5.33. The Hall–Kier alpha value is -3.94. The quantitative estimate of drug-likeness (QED) is 0.300. The Balaban J connectivity index is 1.76. The number of halogens is 1. The summed E-state index contributed by atoms with van der Waals surface area (Å²) in [6.07, 6.45) is 0. The number of hydrogen-bond acceptors (Lipinski definition) is 8. The lowest BCUT2D eigenvalue weighted by atomic mass is 10.2. The molecule has 1 amide bonds. The molecule has 4 aromatic rings. The average molecular weight is 573 g/mol. The number of sulfonamides is 1. The predicted molar refractivity (Wildman–Crippen MR) is 146 cm³/mol. The predicted octanol–water partition coefficient (Wildman–Crippen LogP) is 4.05. The number of thiophene rings is 1. The van der Waals surface area contributed by atoms with Gasteiger partial charge in [-0.3, -0.25) is 9.59 Å². The molecule has 0 spiro atoms. The first-order chi connectivity index (χ1) is 18.6. The smallest absolute Gasteiger partial charge is 0.359 e. The molecule has 0 saturated carbocycles. The molecule has 39 heavy (non-hydrogen) atoms. The number of nitrogens with one attached hydrogen (secondary N) is 1. The van der Waals surface area contributed by atoms with E-state index in [0.717, 1.165) is 22.1 Å². The van der Waals surface area contributed by atoms with Gasteiger partial charge in [0.05, 0.1) is 16.9 Å². The summed E-state index contributed by atoms with van der Waals surface area (Å²) in [6.45, 7) is 5.74. The Kier molecular flexibility index (Phi) is 8.23. The first kappa shape index (κ1) is 28.1. The van der Waals surface area contributed by atoms with E-state index in [1.165, 1.54) is 52.1 Å². The first-order valence-corrected chi connectivity index (χ1v) is 14.3. The summed E-state index contributed by atoms with van der Waals surface area (Å²) in [6, 6.07) is 10.9. The van der Waals surface area contributed by atoms with Crippen LogP contribution < -0.4 is 10.9 Å². The molecule has 2 aromatic carbocycles. The minimum atomic E-state index is -3.70. The molecule has 4 rings (SSSR count). The highest BCUT2D eigenvalue weighted by Crippen LogP contribution is 2.31. The number of nitrogens with zero attached hydrogens (tertiary/aromatic N) is 3. The van der Waals surface area contributed by atoms with Gasteiger partial charge in [0.2, 0.25) is 10.0 Å². The number of benzene rings is 2. The van der Waals surface area contributed by atoms with E-state index in [1.807, 2.05) is 0 Å². The number of hydrogen-bond donors (Lipinski definition) is 1. The highest BCUT2D eigenvalue weighted by atomic mass is 32.2. The molecular weight excluding hydrogens is 547 g/mol. The average Bonchev–Trinajstić information content (AvgIpc) is 3.34. The molecule has 0 bridgehead atoms. The van der Waals surface area contributed by atoms with Gasteiger partial charge in [-0.2, -0.15) is 14.1 Å². The Morgan fingerprint density at radius 3 is 2.36 bits per heavy atom. The topological polar surface area (TPSA) is 128 Å². The van der Waals surface area contributed by atoms with Gasteiger partial charge in [0.1, 0.15) is 16.5 Å². The van der Waals surface area contributed by atoms with Crippen molar-refractivity contribution in [3.8, 4) is 5.69 Å². The number of carbonyl (C=O) groups excluding carboxylic acids is 2. The molecule has 2 aromatic heterocycles. The van der Waals surface area contributed by atoms with Gasteiger partial charge in [0.25, 0.3) is 11.5 Å². The highest BCUT2D eigenvalue weighted by molar-refractivity contribution is 7.89. The molecule has 0 atom stereocenters. The van der Waals surface area contributed by atoms with Crippen molar-refractivity contribution in [2.24, 2.45) is 0 Å². The second-order valence-electron chi connectivity index (χ2n) is 8.16. The summed E-state index contributed by atoms with van der Waals surface area (Å²) in [7, 11) is -3.70. The van der Waals surface area contributed by atoms with E-state index in [0.29, 0.717) is 13.1 Å². The number of para-hydroxylation sites is 1. The minimum Gasteiger partial charge on any atom is -0.461 e. The van der Waals surface area contributed by atoms with Crippen LogP contribution in [0.25, 0.3) is 16.5 Å². The summed E-state index contributed by atoms with van der Waals surface area (Å²) in [4.78, 5) is 39.2. The molecule has 0 fully saturated rings. The summed E-state index contributed by atoms with van der Waals surface area (Å²) < 4.78 is 47.2. The van der Waals surface area contributed by atoms with Crippen LogP contribution in [0.5, 0.6) is 0 Å². The fourth-order valence-corrected chi connectivity index (χ4v) is 6.33. The van der Waals surface area contributed by atoms with Gasteiger partial charge >= 0.3 is 5.97 Å². The molecule has 10 nitrogen and oxygen atoms in total. The molecule has 0 aliphatic carbocycles. The van der Waals surface area contributed by atoms with Crippen LogP contribution in [0.3, 0.4) is 0 Å². The van der Waals surface area contributed by atoms with Gasteiger partial charge in [-0.1, -0.05) is 26.0 Å². The molecule has 0 aliphatic heterocycles. The van der Waals surface area contributed by atoms with Crippen LogP contribution >= 0.6 is 11.3 Å².